The van der Waals surface area contributed by atoms with Crippen LogP contribution in [0.1, 0.15) is 53.4 Å². The molecule has 2 aliphatic rings. The zero-order chi connectivity index (χ0) is 23.2. The third-order valence-electron chi connectivity index (χ3n) is 4.98. The maximum absolute atomic E-state index is 11.8. The fraction of sp³-hybridized carbons (Fsp3) is 0.800. The van der Waals surface area contributed by atoms with Crippen molar-refractivity contribution in [3.05, 3.63) is 0 Å². The summed E-state index contributed by atoms with van der Waals surface area (Å²) in [7, 11) is 0. The van der Waals surface area contributed by atoms with Crippen LogP contribution in [0.5, 0.6) is 0 Å². The summed E-state index contributed by atoms with van der Waals surface area (Å²) >= 11 is 0. The van der Waals surface area contributed by atoms with Crippen molar-refractivity contribution in [3.8, 4) is 0 Å². The number of hydrogen-bond donors (Lipinski definition) is 1. The Balaban J connectivity index is 2.38. The van der Waals surface area contributed by atoms with Gasteiger partial charge in [-0.05, 0) is 12.8 Å². The molecule has 0 unspecified atom stereocenters. The zero-order valence-electron chi connectivity index (χ0n) is 18.2. The molecule has 0 bridgehead atoms. The molecule has 0 aromatic rings. The van der Waals surface area contributed by atoms with Crippen LogP contribution in [0.2, 0.25) is 0 Å². The first-order valence-corrected chi connectivity index (χ1v) is 10.2. The van der Waals surface area contributed by atoms with Crippen LogP contribution in [0.25, 0.3) is 0 Å². The molecule has 0 saturated carbocycles. The quantitative estimate of drug-likeness (QED) is 0.428. The summed E-state index contributed by atoms with van der Waals surface area (Å²) < 4.78 is 32.7. The van der Waals surface area contributed by atoms with E-state index in [2.05, 4.69) is 0 Å². The van der Waals surface area contributed by atoms with E-state index < -0.39 is 66.8 Å². The highest BCUT2D eigenvalue weighted by Crippen LogP contribution is 2.41. The molecule has 2 rings (SSSR count). The lowest BCUT2D eigenvalue weighted by molar-refractivity contribution is -0.347. The van der Waals surface area contributed by atoms with Gasteiger partial charge in [-0.3, -0.25) is 19.2 Å². The van der Waals surface area contributed by atoms with Crippen LogP contribution in [0.15, 0.2) is 0 Å². The van der Waals surface area contributed by atoms with E-state index >= 15 is 0 Å². The molecule has 0 amide bonds. The van der Waals surface area contributed by atoms with Crippen LogP contribution >= 0.6 is 0 Å². The second kappa shape index (κ2) is 10.9. The summed E-state index contributed by atoms with van der Waals surface area (Å²) in [5.74, 6) is -3.85. The average Bonchev–Trinajstić information content (AvgIpc) is 2.66. The number of carbonyl (C=O) groups excluding carboxylic acids is 4. The zero-order valence-corrected chi connectivity index (χ0v) is 18.2. The Morgan fingerprint density at radius 1 is 1.00 bits per heavy atom. The molecule has 11 nitrogen and oxygen atoms in total. The van der Waals surface area contributed by atoms with Gasteiger partial charge in [-0.15, -0.1) is 0 Å². The van der Waals surface area contributed by atoms with Crippen molar-refractivity contribution in [1.82, 2.24) is 0 Å². The molecule has 2 heterocycles. The predicted molar refractivity (Wildman–Crippen MR) is 101 cm³/mol. The van der Waals surface area contributed by atoms with Crippen molar-refractivity contribution in [2.75, 3.05) is 13.2 Å². The molecular weight excluding hydrogens is 416 g/mol. The lowest BCUT2D eigenvalue weighted by Crippen LogP contribution is -2.64. The SMILES string of the molecule is CC(=O)OC[C@@H](OC(C)=O)[C@@H](O)[C@@H]1O[C@]2(CCCCO2)C[C@@H](OC(C)=O)[C@H]1OC(C)=O. The van der Waals surface area contributed by atoms with Crippen molar-refractivity contribution in [3.63, 3.8) is 0 Å². The van der Waals surface area contributed by atoms with Crippen LogP contribution < -0.4 is 0 Å². The molecule has 6 atom stereocenters. The van der Waals surface area contributed by atoms with E-state index in [0.717, 1.165) is 33.6 Å². The van der Waals surface area contributed by atoms with Gasteiger partial charge >= 0.3 is 23.9 Å². The standard InChI is InChI=1S/C20H30O11/c1-11(21)26-10-16(29-13(3)23)17(25)19-18(30-14(4)24)15(28-12(2)22)9-20(31-19)7-5-6-8-27-20/h15-19,25H,5-10H2,1-4H3/t15-,16-,17-,18-,19+,20-/m1/s1. The molecule has 0 aromatic carbocycles. The predicted octanol–water partition coefficient (Wildman–Crippen LogP) is 0.391. The molecule has 0 aromatic heterocycles. The van der Waals surface area contributed by atoms with Gasteiger partial charge < -0.3 is 33.5 Å². The second-order valence-electron chi connectivity index (χ2n) is 7.67. The number of aliphatic hydroxyl groups is 1. The number of ether oxygens (including phenoxy) is 6. The molecule has 0 radical (unpaired) electrons. The van der Waals surface area contributed by atoms with Crippen LogP contribution in [0.4, 0.5) is 0 Å². The summed E-state index contributed by atoms with van der Waals surface area (Å²) in [5.41, 5.74) is 0. The first-order chi connectivity index (χ1) is 14.5. The van der Waals surface area contributed by atoms with E-state index in [9.17, 15) is 24.3 Å². The van der Waals surface area contributed by atoms with E-state index in [1.54, 1.807) is 0 Å². The van der Waals surface area contributed by atoms with Gasteiger partial charge in [0, 0.05) is 40.5 Å². The fourth-order valence-corrected chi connectivity index (χ4v) is 3.83. The van der Waals surface area contributed by atoms with Crippen LogP contribution in [-0.4, -0.2) is 78.5 Å². The van der Waals surface area contributed by atoms with Gasteiger partial charge in [0.1, 0.15) is 24.9 Å². The molecule has 2 fully saturated rings. The monoisotopic (exact) mass is 446 g/mol. The molecular formula is C20H30O11. The Bertz CT molecular complexity index is 670. The van der Waals surface area contributed by atoms with Crippen LogP contribution in [0.3, 0.4) is 0 Å². The average molecular weight is 446 g/mol. The summed E-state index contributed by atoms with van der Waals surface area (Å²) in [6.07, 6.45) is -4.24. The van der Waals surface area contributed by atoms with Crippen LogP contribution in [0, 0.1) is 0 Å². The Kier molecular flexibility index (Phi) is 8.78. The number of aliphatic hydroxyl groups excluding tert-OH is 1. The smallest absolute Gasteiger partial charge is 0.303 e. The molecule has 1 N–H and O–H groups in total. The third-order valence-corrected chi connectivity index (χ3v) is 4.98. The maximum atomic E-state index is 11.8. The Labute approximate surface area is 180 Å². The summed E-state index contributed by atoms with van der Waals surface area (Å²) in [6, 6.07) is 0. The lowest BCUT2D eigenvalue weighted by atomic mass is 9.87. The van der Waals surface area contributed by atoms with Crippen molar-refractivity contribution in [2.24, 2.45) is 0 Å². The van der Waals surface area contributed by atoms with Gasteiger partial charge in [0.25, 0.3) is 0 Å². The Morgan fingerprint density at radius 2 is 1.68 bits per heavy atom. The van der Waals surface area contributed by atoms with Gasteiger partial charge in [-0.2, -0.15) is 0 Å². The molecule has 176 valence electrons. The normalized spacial score (nSPS) is 30.0. The number of esters is 4. The second-order valence-corrected chi connectivity index (χ2v) is 7.67. The topological polar surface area (TPSA) is 144 Å². The van der Waals surface area contributed by atoms with E-state index in [-0.39, 0.29) is 6.42 Å². The van der Waals surface area contributed by atoms with Crippen molar-refractivity contribution < 1.29 is 52.7 Å². The Hall–Kier alpha value is -2.24. The highest BCUT2D eigenvalue weighted by atomic mass is 16.7. The minimum Gasteiger partial charge on any atom is -0.462 e. The van der Waals surface area contributed by atoms with Gasteiger partial charge in [0.15, 0.2) is 18.0 Å². The van der Waals surface area contributed by atoms with Gasteiger partial charge in [-0.25, -0.2) is 0 Å². The molecule has 1 spiro atoms. The molecule has 31 heavy (non-hydrogen) atoms. The van der Waals surface area contributed by atoms with Crippen molar-refractivity contribution >= 4 is 23.9 Å². The molecule has 2 saturated heterocycles. The molecule has 0 aliphatic carbocycles. The van der Waals surface area contributed by atoms with Crippen LogP contribution in [-0.2, 0) is 47.6 Å². The highest BCUT2D eigenvalue weighted by molar-refractivity contribution is 5.68. The lowest BCUT2D eigenvalue weighted by Gasteiger charge is -2.50. The fourth-order valence-electron chi connectivity index (χ4n) is 3.83. The number of rotatable bonds is 7. The van der Waals surface area contributed by atoms with E-state index in [4.69, 9.17) is 28.4 Å². The van der Waals surface area contributed by atoms with Gasteiger partial charge in [0.2, 0.25) is 0 Å². The number of hydrogen-bond acceptors (Lipinski definition) is 11. The van der Waals surface area contributed by atoms with E-state index in [1.165, 1.54) is 6.92 Å². The van der Waals surface area contributed by atoms with E-state index in [0.29, 0.717) is 13.0 Å². The summed E-state index contributed by atoms with van der Waals surface area (Å²) in [5, 5.41) is 11.1. The number of carbonyl (C=O) groups is 4. The van der Waals surface area contributed by atoms with Crippen molar-refractivity contribution in [1.29, 1.82) is 0 Å². The third kappa shape index (κ3) is 7.15. The first kappa shape index (κ1) is 25.0. The van der Waals surface area contributed by atoms with Crippen molar-refractivity contribution in [2.45, 2.75) is 89.7 Å². The van der Waals surface area contributed by atoms with Gasteiger partial charge in [0.05, 0.1) is 6.61 Å². The minimum atomic E-state index is -1.59. The summed E-state index contributed by atoms with van der Waals surface area (Å²) in [6.45, 7) is 4.62. The Morgan fingerprint density at radius 3 is 2.19 bits per heavy atom. The summed E-state index contributed by atoms with van der Waals surface area (Å²) in [4.78, 5) is 46.3. The van der Waals surface area contributed by atoms with Gasteiger partial charge in [-0.1, -0.05) is 0 Å². The maximum Gasteiger partial charge on any atom is 0.303 e. The highest BCUT2D eigenvalue weighted by Gasteiger charge is 2.55. The largest absolute Gasteiger partial charge is 0.462 e. The molecule has 11 heteroatoms. The molecule has 2 aliphatic heterocycles. The van der Waals surface area contributed by atoms with E-state index in [1.807, 2.05) is 0 Å². The first-order valence-electron chi connectivity index (χ1n) is 10.2. The minimum absolute atomic E-state index is 0.0932.